The average Bonchev–Trinajstić information content (AvgIpc) is 2.82. The van der Waals surface area contributed by atoms with E-state index in [1.165, 1.54) is 0 Å². The second kappa shape index (κ2) is 11.5. The molecule has 15 atom stereocenters. The molecule has 204 valence electrons. The second-order valence-electron chi connectivity index (χ2n) is 8.37. The summed E-state index contributed by atoms with van der Waals surface area (Å²) in [4.78, 5) is 11.5. The number of hydrogen-bond acceptors (Lipinski definition) is 16. The summed E-state index contributed by atoms with van der Waals surface area (Å²) in [7, 11) is 0. The molecule has 0 aromatic carbocycles. The number of rotatable bonds is 7. The van der Waals surface area contributed by atoms with Crippen molar-refractivity contribution >= 4 is 5.97 Å². The smallest absolute Gasteiger partial charge is 0.335 e. The van der Waals surface area contributed by atoms with Crippen LogP contribution in [0.5, 0.6) is 0 Å². The maximum Gasteiger partial charge on any atom is 0.335 e. The molecular weight excluding hydrogens is 488 g/mol. The molecule has 0 bridgehead atoms. The SMILES string of the molecule is O=C(O)[C@H]1O[C@H](O[C@H]2[C@H](O)[C@@H](CO)OC(O)[C@H]2O)[C@H](O[C@H]2O[C@H](CO)[C@@H](O)[C@H](O)[C@H]2O)[C@@H](O)[C@@H]1O. The Kier molecular flexibility index (Phi) is 9.35. The molecule has 0 radical (unpaired) electrons. The van der Waals surface area contributed by atoms with Gasteiger partial charge in [0, 0.05) is 0 Å². The van der Waals surface area contributed by atoms with Crippen molar-refractivity contribution in [1.29, 1.82) is 0 Å². The van der Waals surface area contributed by atoms with E-state index in [4.69, 9.17) is 23.7 Å². The summed E-state index contributed by atoms with van der Waals surface area (Å²) in [5.41, 5.74) is 0. The van der Waals surface area contributed by atoms with Crippen LogP contribution >= 0.6 is 0 Å². The van der Waals surface area contributed by atoms with E-state index in [1.807, 2.05) is 0 Å². The molecular formula is C18H30O17. The lowest BCUT2D eigenvalue weighted by Crippen LogP contribution is -2.67. The third-order valence-electron chi connectivity index (χ3n) is 6.06. The first-order valence-electron chi connectivity index (χ1n) is 10.6. The van der Waals surface area contributed by atoms with Crippen LogP contribution in [-0.4, -0.2) is 167 Å². The fourth-order valence-corrected chi connectivity index (χ4v) is 4.01. The monoisotopic (exact) mass is 518 g/mol. The van der Waals surface area contributed by atoms with Crippen molar-refractivity contribution in [2.75, 3.05) is 13.2 Å². The van der Waals surface area contributed by atoms with Gasteiger partial charge in [-0.1, -0.05) is 0 Å². The summed E-state index contributed by atoms with van der Waals surface area (Å²) in [6.07, 6.45) is -28.2. The minimum atomic E-state index is -2.12. The summed E-state index contributed by atoms with van der Waals surface area (Å²) >= 11 is 0. The predicted octanol–water partition coefficient (Wildman–Crippen LogP) is -7.48. The van der Waals surface area contributed by atoms with Gasteiger partial charge in [-0.3, -0.25) is 0 Å². The predicted molar refractivity (Wildman–Crippen MR) is 102 cm³/mol. The molecule has 0 aromatic rings. The third-order valence-corrected chi connectivity index (χ3v) is 6.06. The van der Waals surface area contributed by atoms with Crippen molar-refractivity contribution < 1.29 is 84.7 Å². The van der Waals surface area contributed by atoms with Gasteiger partial charge in [-0.15, -0.1) is 0 Å². The van der Waals surface area contributed by atoms with Gasteiger partial charge in [-0.2, -0.15) is 0 Å². The zero-order valence-electron chi connectivity index (χ0n) is 17.9. The van der Waals surface area contributed by atoms with E-state index in [9.17, 15) is 61.0 Å². The summed E-state index contributed by atoms with van der Waals surface area (Å²) in [5.74, 6) is -1.74. The summed E-state index contributed by atoms with van der Waals surface area (Å²) in [5, 5.41) is 109. The highest BCUT2D eigenvalue weighted by molar-refractivity contribution is 5.73. The minimum Gasteiger partial charge on any atom is -0.479 e. The molecule has 17 nitrogen and oxygen atoms in total. The summed E-state index contributed by atoms with van der Waals surface area (Å²) in [6, 6.07) is 0. The van der Waals surface area contributed by atoms with Crippen molar-refractivity contribution in [1.82, 2.24) is 0 Å². The zero-order valence-corrected chi connectivity index (χ0v) is 17.9. The first-order valence-corrected chi connectivity index (χ1v) is 10.6. The van der Waals surface area contributed by atoms with E-state index in [0.29, 0.717) is 0 Å². The Balaban J connectivity index is 1.87. The van der Waals surface area contributed by atoms with Crippen LogP contribution in [0.4, 0.5) is 0 Å². The van der Waals surface area contributed by atoms with E-state index in [0.717, 1.165) is 0 Å². The topological polar surface area (TPSA) is 286 Å². The van der Waals surface area contributed by atoms with Gasteiger partial charge in [0.2, 0.25) is 0 Å². The molecule has 0 aromatic heterocycles. The van der Waals surface area contributed by atoms with Crippen molar-refractivity contribution in [3.05, 3.63) is 0 Å². The van der Waals surface area contributed by atoms with Gasteiger partial charge in [0.15, 0.2) is 25.0 Å². The molecule has 0 amide bonds. The lowest BCUT2D eigenvalue weighted by atomic mass is 9.96. The van der Waals surface area contributed by atoms with Gasteiger partial charge >= 0.3 is 5.97 Å². The highest BCUT2D eigenvalue weighted by Crippen LogP contribution is 2.32. The average molecular weight is 518 g/mol. The number of hydrogen-bond donors (Lipinski definition) is 11. The maximum atomic E-state index is 11.5. The van der Waals surface area contributed by atoms with Crippen LogP contribution in [0.1, 0.15) is 0 Å². The number of aliphatic carboxylic acids is 1. The number of carboxylic acid groups (broad SMARTS) is 1. The molecule has 0 spiro atoms. The number of aliphatic hydroxyl groups excluding tert-OH is 10. The lowest BCUT2D eigenvalue weighted by Gasteiger charge is -2.47. The summed E-state index contributed by atoms with van der Waals surface area (Å²) in [6.45, 7) is -1.64. The van der Waals surface area contributed by atoms with E-state index in [1.54, 1.807) is 0 Å². The Bertz CT molecular complexity index is 709. The molecule has 3 saturated heterocycles. The minimum absolute atomic E-state index is 0.819. The highest BCUT2D eigenvalue weighted by atomic mass is 16.8. The quantitative estimate of drug-likeness (QED) is 0.149. The van der Waals surface area contributed by atoms with E-state index in [-0.39, 0.29) is 0 Å². The molecule has 0 saturated carbocycles. The molecule has 3 fully saturated rings. The Morgan fingerprint density at radius 2 is 1.17 bits per heavy atom. The largest absolute Gasteiger partial charge is 0.479 e. The van der Waals surface area contributed by atoms with Crippen LogP contribution in [0.25, 0.3) is 0 Å². The lowest BCUT2D eigenvalue weighted by molar-refractivity contribution is -0.384. The normalized spacial score (nSPS) is 51.2. The number of carboxylic acids is 1. The van der Waals surface area contributed by atoms with E-state index in [2.05, 4.69) is 0 Å². The van der Waals surface area contributed by atoms with Gasteiger partial charge in [0.05, 0.1) is 13.2 Å². The fraction of sp³-hybridized carbons (Fsp3) is 0.944. The van der Waals surface area contributed by atoms with E-state index >= 15 is 0 Å². The van der Waals surface area contributed by atoms with Crippen LogP contribution in [0, 0.1) is 0 Å². The van der Waals surface area contributed by atoms with Gasteiger partial charge in [0.25, 0.3) is 0 Å². The van der Waals surface area contributed by atoms with Crippen molar-refractivity contribution in [2.45, 2.75) is 92.1 Å². The van der Waals surface area contributed by atoms with Crippen molar-refractivity contribution in [3.63, 3.8) is 0 Å². The zero-order chi connectivity index (χ0) is 26.2. The fourth-order valence-electron chi connectivity index (χ4n) is 4.01. The molecule has 1 unspecified atom stereocenters. The number of ether oxygens (including phenoxy) is 5. The molecule has 35 heavy (non-hydrogen) atoms. The maximum absolute atomic E-state index is 11.5. The van der Waals surface area contributed by atoms with Crippen LogP contribution < -0.4 is 0 Å². The second-order valence-corrected chi connectivity index (χ2v) is 8.37. The van der Waals surface area contributed by atoms with E-state index < -0.39 is 111 Å². The highest BCUT2D eigenvalue weighted by Gasteiger charge is 2.55. The molecule has 3 heterocycles. The van der Waals surface area contributed by atoms with Crippen LogP contribution in [0.15, 0.2) is 0 Å². The van der Waals surface area contributed by atoms with Gasteiger partial charge in [-0.05, 0) is 0 Å². The number of aliphatic hydroxyl groups is 10. The van der Waals surface area contributed by atoms with Crippen LogP contribution in [0.3, 0.4) is 0 Å². The van der Waals surface area contributed by atoms with Crippen molar-refractivity contribution in [2.24, 2.45) is 0 Å². The van der Waals surface area contributed by atoms with Crippen LogP contribution in [0.2, 0.25) is 0 Å². The van der Waals surface area contributed by atoms with Gasteiger partial charge < -0.3 is 79.9 Å². The molecule has 3 aliphatic heterocycles. The standard InChI is InChI=1S/C18H30O17/c19-1-3-5(21)7(23)10(26)17(32-3)35-14-9(25)8(24)13(15(28)29)34-18(14)33-12-6(22)4(2-20)31-16(30)11(12)27/h3-14,16-27,30H,1-2H2,(H,28,29)/t3-,4-,5-,6-,7+,8+,9+,10-,11+,12+,13+,14-,16?,17-,18+/m1/s1. The third kappa shape index (κ3) is 5.59. The Hall–Kier alpha value is -1.13. The Morgan fingerprint density at radius 3 is 1.74 bits per heavy atom. The van der Waals surface area contributed by atoms with Gasteiger partial charge in [-0.25, -0.2) is 4.79 Å². The molecule has 3 rings (SSSR count). The molecule has 11 N–H and O–H groups in total. The first-order chi connectivity index (χ1) is 16.4. The molecule has 0 aliphatic carbocycles. The first kappa shape index (κ1) is 28.4. The number of carbonyl (C=O) groups is 1. The Morgan fingerprint density at radius 1 is 0.600 bits per heavy atom. The molecule has 17 heteroatoms. The van der Waals surface area contributed by atoms with Gasteiger partial charge in [0.1, 0.15) is 67.1 Å². The Labute approximate surface area is 196 Å². The summed E-state index contributed by atoms with van der Waals surface area (Å²) < 4.78 is 26.0. The van der Waals surface area contributed by atoms with Crippen molar-refractivity contribution in [3.8, 4) is 0 Å². The van der Waals surface area contributed by atoms with Crippen LogP contribution in [-0.2, 0) is 28.5 Å². The molecule has 3 aliphatic rings.